The highest BCUT2D eigenvalue weighted by atomic mass is 19.1. The Morgan fingerprint density at radius 3 is 2.64 bits per heavy atom. The SMILES string of the molecule is Nc1cc(F)cc([C@@H](N)CCO)c1O. The highest BCUT2D eigenvalue weighted by Gasteiger charge is 2.14. The largest absolute Gasteiger partial charge is 0.505 e. The monoisotopic (exact) mass is 200 g/mol. The van der Waals surface area contributed by atoms with Crippen LogP contribution in [0.5, 0.6) is 5.75 Å². The molecule has 78 valence electrons. The van der Waals surface area contributed by atoms with Crippen molar-refractivity contribution in [2.75, 3.05) is 12.3 Å². The molecule has 0 aromatic heterocycles. The molecule has 0 bridgehead atoms. The molecule has 0 heterocycles. The number of nitrogen functional groups attached to an aromatic ring is 1. The number of aliphatic hydroxyl groups excluding tert-OH is 1. The summed E-state index contributed by atoms with van der Waals surface area (Å²) in [5.74, 6) is -0.768. The maximum absolute atomic E-state index is 12.9. The van der Waals surface area contributed by atoms with E-state index in [1.807, 2.05) is 0 Å². The maximum atomic E-state index is 12.9. The van der Waals surface area contributed by atoms with Crippen LogP contribution in [0.3, 0.4) is 0 Å². The van der Waals surface area contributed by atoms with Gasteiger partial charge in [0.05, 0.1) is 5.69 Å². The van der Waals surface area contributed by atoms with Crippen molar-refractivity contribution in [1.82, 2.24) is 0 Å². The predicted molar refractivity (Wildman–Crippen MR) is 51.1 cm³/mol. The first-order valence-electron chi connectivity index (χ1n) is 4.20. The first-order chi connectivity index (χ1) is 6.56. The van der Waals surface area contributed by atoms with Gasteiger partial charge in [0, 0.05) is 24.3 Å². The molecule has 0 radical (unpaired) electrons. The van der Waals surface area contributed by atoms with E-state index in [1.165, 1.54) is 0 Å². The van der Waals surface area contributed by atoms with Crippen LogP contribution in [0.2, 0.25) is 0 Å². The number of halogens is 1. The number of nitrogens with two attached hydrogens (primary N) is 2. The second kappa shape index (κ2) is 4.26. The summed E-state index contributed by atoms with van der Waals surface area (Å²) in [6, 6.07) is 1.52. The zero-order chi connectivity index (χ0) is 10.7. The van der Waals surface area contributed by atoms with Crippen molar-refractivity contribution in [1.29, 1.82) is 0 Å². The summed E-state index contributed by atoms with van der Waals surface area (Å²) in [5.41, 5.74) is 11.1. The molecule has 0 aliphatic rings. The van der Waals surface area contributed by atoms with E-state index < -0.39 is 11.9 Å². The molecule has 5 heteroatoms. The molecule has 0 unspecified atom stereocenters. The van der Waals surface area contributed by atoms with Gasteiger partial charge in [-0.3, -0.25) is 0 Å². The van der Waals surface area contributed by atoms with Crippen LogP contribution in [0, 0.1) is 5.82 Å². The fraction of sp³-hybridized carbons (Fsp3) is 0.333. The molecule has 0 aliphatic carbocycles. The van der Waals surface area contributed by atoms with E-state index in [0.29, 0.717) is 0 Å². The lowest BCUT2D eigenvalue weighted by molar-refractivity contribution is 0.275. The van der Waals surface area contributed by atoms with E-state index in [4.69, 9.17) is 16.6 Å². The smallest absolute Gasteiger partial charge is 0.143 e. The quantitative estimate of drug-likeness (QED) is 0.422. The molecule has 0 aliphatic heterocycles. The lowest BCUT2D eigenvalue weighted by Crippen LogP contribution is -2.13. The van der Waals surface area contributed by atoms with Crippen molar-refractivity contribution in [3.63, 3.8) is 0 Å². The van der Waals surface area contributed by atoms with Crippen LogP contribution >= 0.6 is 0 Å². The average molecular weight is 200 g/mol. The molecule has 1 aromatic rings. The molecule has 0 saturated carbocycles. The van der Waals surface area contributed by atoms with Crippen molar-refractivity contribution < 1.29 is 14.6 Å². The summed E-state index contributed by atoms with van der Waals surface area (Å²) >= 11 is 0. The lowest BCUT2D eigenvalue weighted by atomic mass is 10.0. The van der Waals surface area contributed by atoms with Gasteiger partial charge in [0.25, 0.3) is 0 Å². The zero-order valence-corrected chi connectivity index (χ0v) is 7.57. The second-order valence-corrected chi connectivity index (χ2v) is 3.05. The van der Waals surface area contributed by atoms with Crippen LogP contribution in [0.4, 0.5) is 10.1 Å². The Morgan fingerprint density at radius 2 is 2.07 bits per heavy atom. The van der Waals surface area contributed by atoms with Gasteiger partial charge in [-0.1, -0.05) is 0 Å². The lowest BCUT2D eigenvalue weighted by Gasteiger charge is -2.13. The number of phenolic OH excluding ortho intramolecular Hbond substituents is 1. The Balaban J connectivity index is 3.07. The summed E-state index contributed by atoms with van der Waals surface area (Å²) < 4.78 is 12.9. The fourth-order valence-corrected chi connectivity index (χ4v) is 1.22. The van der Waals surface area contributed by atoms with Crippen LogP contribution in [0.25, 0.3) is 0 Å². The highest BCUT2D eigenvalue weighted by Crippen LogP contribution is 2.31. The van der Waals surface area contributed by atoms with Crippen LogP contribution < -0.4 is 11.5 Å². The first-order valence-corrected chi connectivity index (χ1v) is 4.20. The normalized spacial score (nSPS) is 12.8. The highest BCUT2D eigenvalue weighted by molar-refractivity contribution is 5.57. The second-order valence-electron chi connectivity index (χ2n) is 3.05. The molecule has 6 N–H and O–H groups in total. The molecule has 1 aromatic carbocycles. The Hall–Kier alpha value is -1.33. The summed E-state index contributed by atoms with van der Waals surface area (Å²) in [4.78, 5) is 0. The molecule has 14 heavy (non-hydrogen) atoms. The van der Waals surface area contributed by atoms with Gasteiger partial charge in [-0.25, -0.2) is 4.39 Å². The van der Waals surface area contributed by atoms with Gasteiger partial charge in [-0.2, -0.15) is 0 Å². The Kier molecular flexibility index (Phi) is 3.27. The number of hydrogen-bond donors (Lipinski definition) is 4. The molecule has 0 saturated heterocycles. The van der Waals surface area contributed by atoms with Gasteiger partial charge < -0.3 is 21.7 Å². The fourth-order valence-electron chi connectivity index (χ4n) is 1.22. The van der Waals surface area contributed by atoms with E-state index in [2.05, 4.69) is 0 Å². The van der Waals surface area contributed by atoms with E-state index >= 15 is 0 Å². The summed E-state index contributed by atoms with van der Waals surface area (Å²) in [6.45, 7) is -0.128. The van der Waals surface area contributed by atoms with Gasteiger partial charge in [-0.15, -0.1) is 0 Å². The summed E-state index contributed by atoms with van der Waals surface area (Å²) in [6.07, 6.45) is 0.246. The molecule has 0 spiro atoms. The van der Waals surface area contributed by atoms with E-state index in [9.17, 15) is 9.50 Å². The van der Waals surface area contributed by atoms with Crippen LogP contribution in [0.15, 0.2) is 12.1 Å². The molecule has 0 fully saturated rings. The van der Waals surface area contributed by atoms with Crippen molar-refractivity contribution in [2.24, 2.45) is 5.73 Å². The average Bonchev–Trinajstić information content (AvgIpc) is 2.11. The standard InChI is InChI=1S/C9H13FN2O2/c10-5-3-6(7(11)1-2-13)9(14)8(12)4-5/h3-4,7,13-14H,1-2,11-12H2/t7-/m0/s1. The minimum Gasteiger partial charge on any atom is -0.505 e. The number of aliphatic hydroxyl groups is 1. The summed E-state index contributed by atoms with van der Waals surface area (Å²) in [5, 5.41) is 18.1. The van der Waals surface area contributed by atoms with E-state index in [1.54, 1.807) is 0 Å². The summed E-state index contributed by atoms with van der Waals surface area (Å²) in [7, 11) is 0. The van der Waals surface area contributed by atoms with Crippen LogP contribution in [-0.2, 0) is 0 Å². The third-order valence-corrected chi connectivity index (χ3v) is 1.97. The number of hydrogen-bond acceptors (Lipinski definition) is 4. The van der Waals surface area contributed by atoms with Crippen molar-refractivity contribution >= 4 is 5.69 Å². The van der Waals surface area contributed by atoms with Crippen LogP contribution in [-0.4, -0.2) is 16.8 Å². The topological polar surface area (TPSA) is 92.5 Å². The van der Waals surface area contributed by atoms with Crippen molar-refractivity contribution in [3.05, 3.63) is 23.5 Å². The van der Waals surface area contributed by atoms with Gasteiger partial charge in [0.15, 0.2) is 0 Å². The zero-order valence-electron chi connectivity index (χ0n) is 7.57. The Labute approximate surface area is 81.0 Å². The van der Waals surface area contributed by atoms with Gasteiger partial charge in [-0.05, 0) is 12.5 Å². The molecular formula is C9H13FN2O2. The van der Waals surface area contributed by atoms with Gasteiger partial charge in [0.2, 0.25) is 0 Å². The molecule has 0 amide bonds. The molecule has 1 atom stereocenters. The third-order valence-electron chi connectivity index (χ3n) is 1.97. The molecule has 1 rings (SSSR count). The van der Waals surface area contributed by atoms with E-state index in [0.717, 1.165) is 12.1 Å². The van der Waals surface area contributed by atoms with Crippen molar-refractivity contribution in [3.8, 4) is 5.75 Å². The van der Waals surface area contributed by atoms with Gasteiger partial charge in [0.1, 0.15) is 11.6 Å². The Morgan fingerprint density at radius 1 is 1.43 bits per heavy atom. The third kappa shape index (κ3) is 2.12. The number of aromatic hydroxyl groups is 1. The number of benzene rings is 1. The maximum Gasteiger partial charge on any atom is 0.143 e. The predicted octanol–water partition coefficient (Wildman–Crippen LogP) is 0.496. The number of phenols is 1. The first kappa shape index (κ1) is 10.7. The van der Waals surface area contributed by atoms with Gasteiger partial charge >= 0.3 is 0 Å². The minimum atomic E-state index is -0.613. The number of anilines is 1. The van der Waals surface area contributed by atoms with Crippen LogP contribution in [0.1, 0.15) is 18.0 Å². The van der Waals surface area contributed by atoms with E-state index in [-0.39, 0.29) is 30.0 Å². The van der Waals surface area contributed by atoms with Crippen molar-refractivity contribution in [2.45, 2.75) is 12.5 Å². The number of rotatable bonds is 3. The molecule has 4 nitrogen and oxygen atoms in total. The minimum absolute atomic E-state index is 0.0478. The molecular weight excluding hydrogens is 187 g/mol. The Bertz CT molecular complexity index is 331.